The molecule has 7 nitrogen and oxygen atoms in total. The molecule has 0 spiro atoms. The minimum atomic E-state index is -4.85. The summed E-state index contributed by atoms with van der Waals surface area (Å²) < 4.78 is 39.6. The number of carboxylic acids is 2. The van der Waals surface area contributed by atoms with E-state index in [9.17, 15) is 37.8 Å². The van der Waals surface area contributed by atoms with E-state index in [1.54, 1.807) is 0 Å². The third kappa shape index (κ3) is 4.51. The van der Waals surface area contributed by atoms with Crippen molar-refractivity contribution in [2.24, 2.45) is 0 Å². The molecule has 0 atom stereocenters. The number of alkyl halides is 3. The molecule has 2 rings (SSSR count). The molecule has 0 aliphatic rings. The molecule has 154 valence electrons. The molecule has 12 heteroatoms. The first-order valence-electron chi connectivity index (χ1n) is 7.64. The summed E-state index contributed by atoms with van der Waals surface area (Å²) in [5.74, 6) is -5.13. The molecule has 0 aliphatic heterocycles. The van der Waals surface area contributed by atoms with Crippen molar-refractivity contribution in [2.45, 2.75) is 11.6 Å². The Morgan fingerprint density at radius 1 is 1.14 bits per heavy atom. The number of carboxylic acid groups (broad SMARTS) is 2. The Kier molecular flexibility index (Phi) is 6.53. The molecule has 3 N–H and O–H groups in total. The zero-order chi connectivity index (χ0) is 22.0. The van der Waals surface area contributed by atoms with Crippen LogP contribution in [-0.4, -0.2) is 39.6 Å². The van der Waals surface area contributed by atoms with E-state index >= 15 is 0 Å². The highest BCUT2D eigenvalue weighted by Crippen LogP contribution is 2.33. The van der Waals surface area contributed by atoms with E-state index in [0.29, 0.717) is 10.5 Å². The van der Waals surface area contributed by atoms with Gasteiger partial charge in [-0.1, -0.05) is 23.7 Å². The number of amides is 1. The van der Waals surface area contributed by atoms with Crippen LogP contribution in [0.3, 0.4) is 0 Å². The molecule has 0 saturated carbocycles. The van der Waals surface area contributed by atoms with Crippen LogP contribution in [0, 0.1) is 0 Å². The third-order valence-electron chi connectivity index (χ3n) is 3.93. The average Bonchev–Trinajstić information content (AvgIpc) is 2.62. The minimum absolute atomic E-state index is 0.325. The molecular formula is C17H11BrClF3N2O5. The van der Waals surface area contributed by atoms with E-state index in [0.717, 1.165) is 18.3 Å². The van der Waals surface area contributed by atoms with Gasteiger partial charge >= 0.3 is 18.1 Å². The molecule has 0 aliphatic carbocycles. The SMILES string of the molecule is O=C(NCC(C(=O)O)(C(=O)O)c1ncc(Br)cc1Cl)c1ccccc1C(F)(F)F. The number of nitrogens with zero attached hydrogens (tertiary/aromatic N) is 1. The van der Waals surface area contributed by atoms with E-state index in [1.807, 2.05) is 5.32 Å². The maximum atomic E-state index is 13.1. The number of hydrogen-bond donors (Lipinski definition) is 3. The van der Waals surface area contributed by atoms with Crippen molar-refractivity contribution < 1.29 is 37.8 Å². The number of aromatic nitrogens is 1. The van der Waals surface area contributed by atoms with E-state index in [1.165, 1.54) is 12.1 Å². The summed E-state index contributed by atoms with van der Waals surface area (Å²) in [6, 6.07) is 5.00. The lowest BCUT2D eigenvalue weighted by atomic mass is 9.83. The molecule has 29 heavy (non-hydrogen) atoms. The van der Waals surface area contributed by atoms with Gasteiger partial charge in [0, 0.05) is 10.7 Å². The number of halogens is 5. The van der Waals surface area contributed by atoms with E-state index in [2.05, 4.69) is 20.9 Å². The second-order valence-electron chi connectivity index (χ2n) is 5.73. The molecular weight excluding hydrogens is 485 g/mol. The van der Waals surface area contributed by atoms with Gasteiger partial charge in [0.2, 0.25) is 5.41 Å². The summed E-state index contributed by atoms with van der Waals surface area (Å²) in [7, 11) is 0. The van der Waals surface area contributed by atoms with Gasteiger partial charge in [-0.2, -0.15) is 13.2 Å². The van der Waals surface area contributed by atoms with Gasteiger partial charge in [-0.3, -0.25) is 19.4 Å². The number of benzene rings is 1. The predicted octanol–water partition coefficient (Wildman–Crippen LogP) is 3.35. The quantitative estimate of drug-likeness (QED) is 0.529. The van der Waals surface area contributed by atoms with Gasteiger partial charge < -0.3 is 15.5 Å². The lowest BCUT2D eigenvalue weighted by Crippen LogP contribution is -2.53. The molecule has 0 fully saturated rings. The largest absolute Gasteiger partial charge is 0.480 e. The van der Waals surface area contributed by atoms with Crippen molar-refractivity contribution >= 4 is 45.4 Å². The molecule has 0 radical (unpaired) electrons. The summed E-state index contributed by atoms with van der Waals surface area (Å²) >= 11 is 8.98. The lowest BCUT2D eigenvalue weighted by Gasteiger charge is -2.26. The van der Waals surface area contributed by atoms with E-state index in [-0.39, 0.29) is 5.02 Å². The molecule has 0 saturated heterocycles. The summed E-state index contributed by atoms with van der Waals surface area (Å²) in [4.78, 5) is 39.8. The Morgan fingerprint density at radius 3 is 2.24 bits per heavy atom. The Balaban J connectivity index is 2.46. The van der Waals surface area contributed by atoms with Crippen molar-refractivity contribution in [3.8, 4) is 0 Å². The van der Waals surface area contributed by atoms with Gasteiger partial charge in [-0.05, 0) is 34.1 Å². The first-order chi connectivity index (χ1) is 13.4. The minimum Gasteiger partial charge on any atom is -0.480 e. The van der Waals surface area contributed by atoms with Crippen LogP contribution >= 0.6 is 27.5 Å². The van der Waals surface area contributed by atoms with Crippen LogP contribution in [0.2, 0.25) is 5.02 Å². The fourth-order valence-electron chi connectivity index (χ4n) is 2.49. The molecule has 1 aromatic carbocycles. The van der Waals surface area contributed by atoms with Crippen molar-refractivity contribution in [1.82, 2.24) is 10.3 Å². The van der Waals surface area contributed by atoms with Crippen LogP contribution < -0.4 is 5.32 Å². The number of carbonyl (C=O) groups is 3. The van der Waals surface area contributed by atoms with Crippen LogP contribution in [0.15, 0.2) is 41.0 Å². The first-order valence-corrected chi connectivity index (χ1v) is 8.81. The van der Waals surface area contributed by atoms with Gasteiger partial charge in [0.1, 0.15) is 0 Å². The highest BCUT2D eigenvalue weighted by atomic mass is 79.9. The second kappa shape index (κ2) is 8.37. The maximum absolute atomic E-state index is 13.1. The molecule has 0 unspecified atom stereocenters. The molecule has 2 aromatic rings. The number of nitrogens with one attached hydrogen (secondary N) is 1. The monoisotopic (exact) mass is 494 g/mol. The van der Waals surface area contributed by atoms with Crippen molar-refractivity contribution in [3.63, 3.8) is 0 Å². The van der Waals surface area contributed by atoms with Crippen LogP contribution in [0.4, 0.5) is 13.2 Å². The molecule has 1 heterocycles. The van der Waals surface area contributed by atoms with Gasteiger partial charge in [-0.15, -0.1) is 0 Å². The highest BCUT2D eigenvalue weighted by molar-refractivity contribution is 9.10. The van der Waals surface area contributed by atoms with Crippen LogP contribution in [0.1, 0.15) is 21.6 Å². The van der Waals surface area contributed by atoms with Gasteiger partial charge in [0.05, 0.1) is 28.4 Å². The molecule has 0 bridgehead atoms. The summed E-state index contributed by atoms with van der Waals surface area (Å²) in [5, 5.41) is 20.8. The number of rotatable bonds is 6. The van der Waals surface area contributed by atoms with Crippen LogP contribution in [-0.2, 0) is 21.2 Å². The predicted molar refractivity (Wildman–Crippen MR) is 97.7 cm³/mol. The Hall–Kier alpha value is -2.66. The average molecular weight is 496 g/mol. The Bertz CT molecular complexity index is 970. The van der Waals surface area contributed by atoms with Crippen LogP contribution in [0.5, 0.6) is 0 Å². The number of hydrogen-bond acceptors (Lipinski definition) is 4. The molecule has 1 amide bonds. The molecule has 1 aromatic heterocycles. The second-order valence-corrected chi connectivity index (χ2v) is 7.05. The Labute approximate surface area is 174 Å². The van der Waals surface area contributed by atoms with Crippen LogP contribution in [0.25, 0.3) is 0 Å². The smallest absolute Gasteiger partial charge is 0.417 e. The maximum Gasteiger partial charge on any atom is 0.417 e. The van der Waals surface area contributed by atoms with E-state index < -0.39 is 52.8 Å². The standard InChI is InChI=1S/C17H11BrClF3N2O5/c18-8-5-11(19)12(23-6-8)16(14(26)27,15(28)29)7-24-13(25)9-3-1-2-4-10(9)17(20,21)22/h1-6H,7H2,(H,24,25)(H,26,27)(H,28,29). The van der Waals surface area contributed by atoms with Gasteiger partial charge in [0.15, 0.2) is 0 Å². The Morgan fingerprint density at radius 2 is 1.72 bits per heavy atom. The first kappa shape index (κ1) is 22.6. The fourth-order valence-corrected chi connectivity index (χ4v) is 3.28. The van der Waals surface area contributed by atoms with Gasteiger partial charge in [-0.25, -0.2) is 0 Å². The lowest BCUT2D eigenvalue weighted by molar-refractivity contribution is -0.157. The fraction of sp³-hybridized carbons (Fsp3) is 0.176. The van der Waals surface area contributed by atoms with Gasteiger partial charge in [0.25, 0.3) is 5.91 Å². The number of pyridine rings is 1. The van der Waals surface area contributed by atoms with Crippen molar-refractivity contribution in [2.75, 3.05) is 6.54 Å². The number of carbonyl (C=O) groups excluding carboxylic acids is 1. The summed E-state index contributed by atoms with van der Waals surface area (Å²) in [6.45, 7) is -1.10. The number of aliphatic carboxylic acids is 2. The zero-order valence-corrected chi connectivity index (χ0v) is 16.5. The highest BCUT2D eigenvalue weighted by Gasteiger charge is 2.51. The van der Waals surface area contributed by atoms with Crippen molar-refractivity contribution in [3.05, 3.63) is 62.8 Å². The van der Waals surface area contributed by atoms with E-state index in [4.69, 9.17) is 11.6 Å². The zero-order valence-electron chi connectivity index (χ0n) is 14.1. The topological polar surface area (TPSA) is 117 Å². The third-order valence-corrected chi connectivity index (χ3v) is 4.66. The normalized spacial score (nSPS) is 11.8. The summed E-state index contributed by atoms with van der Waals surface area (Å²) in [5.41, 5.74) is -5.47. The van der Waals surface area contributed by atoms with Crippen molar-refractivity contribution in [1.29, 1.82) is 0 Å². The summed E-state index contributed by atoms with van der Waals surface area (Å²) in [6.07, 6.45) is -3.75.